The van der Waals surface area contributed by atoms with E-state index < -0.39 is 0 Å². The van der Waals surface area contributed by atoms with E-state index in [1.165, 1.54) is 11.3 Å². The molecule has 0 bridgehead atoms. The van der Waals surface area contributed by atoms with E-state index >= 15 is 0 Å². The summed E-state index contributed by atoms with van der Waals surface area (Å²) in [4.78, 5) is 0. The van der Waals surface area contributed by atoms with Gasteiger partial charge in [-0.25, -0.2) is 0 Å². The molecule has 0 aliphatic carbocycles. The second-order valence-corrected chi connectivity index (χ2v) is 4.58. The second kappa shape index (κ2) is 6.32. The standard InChI is InChI=1S/C12H15N3OS/c1-2-8-13-9-11-14-15-12(17-11)16-10-6-4-3-5-7-10/h3-7,13H,2,8-9H2,1H3. The van der Waals surface area contributed by atoms with Crippen molar-refractivity contribution in [2.45, 2.75) is 19.9 Å². The lowest BCUT2D eigenvalue weighted by Crippen LogP contribution is -2.13. The Balaban J connectivity index is 1.90. The maximum Gasteiger partial charge on any atom is 0.299 e. The maximum atomic E-state index is 5.58. The van der Waals surface area contributed by atoms with Gasteiger partial charge in [0.15, 0.2) is 0 Å². The maximum absolute atomic E-state index is 5.58. The normalized spacial score (nSPS) is 10.4. The van der Waals surface area contributed by atoms with Crippen LogP contribution in [0.4, 0.5) is 0 Å². The lowest BCUT2D eigenvalue weighted by atomic mass is 10.3. The van der Waals surface area contributed by atoms with Gasteiger partial charge in [-0.05, 0) is 25.1 Å². The van der Waals surface area contributed by atoms with Crippen LogP contribution in [-0.2, 0) is 6.54 Å². The van der Waals surface area contributed by atoms with Crippen LogP contribution in [0.1, 0.15) is 18.4 Å². The summed E-state index contributed by atoms with van der Waals surface area (Å²) in [6.07, 6.45) is 1.12. The van der Waals surface area contributed by atoms with E-state index in [9.17, 15) is 0 Å². The molecule has 0 atom stereocenters. The summed E-state index contributed by atoms with van der Waals surface area (Å²) in [6.45, 7) is 3.88. The van der Waals surface area contributed by atoms with Gasteiger partial charge in [0.25, 0.3) is 5.19 Å². The van der Waals surface area contributed by atoms with Crippen LogP contribution in [-0.4, -0.2) is 16.7 Å². The van der Waals surface area contributed by atoms with Gasteiger partial charge in [0.1, 0.15) is 10.8 Å². The zero-order valence-corrected chi connectivity index (χ0v) is 10.5. The first-order valence-corrected chi connectivity index (χ1v) is 6.46. The Morgan fingerprint density at radius 2 is 2.06 bits per heavy atom. The molecule has 4 nitrogen and oxygen atoms in total. The number of ether oxygens (including phenoxy) is 1. The van der Waals surface area contributed by atoms with Crippen molar-refractivity contribution < 1.29 is 4.74 Å². The molecule has 0 unspecified atom stereocenters. The van der Waals surface area contributed by atoms with E-state index in [4.69, 9.17) is 4.74 Å². The summed E-state index contributed by atoms with van der Waals surface area (Å²) >= 11 is 1.47. The monoisotopic (exact) mass is 249 g/mol. The molecule has 0 amide bonds. The Morgan fingerprint density at radius 3 is 2.82 bits per heavy atom. The van der Waals surface area contributed by atoms with Gasteiger partial charge in [-0.15, -0.1) is 5.10 Å². The third kappa shape index (κ3) is 3.80. The minimum Gasteiger partial charge on any atom is -0.430 e. The van der Waals surface area contributed by atoms with Gasteiger partial charge in [0, 0.05) is 6.54 Å². The molecule has 1 heterocycles. The fourth-order valence-electron chi connectivity index (χ4n) is 1.31. The molecule has 17 heavy (non-hydrogen) atoms. The molecule has 2 aromatic rings. The molecule has 0 saturated carbocycles. The number of nitrogens with zero attached hydrogens (tertiary/aromatic N) is 2. The lowest BCUT2D eigenvalue weighted by molar-refractivity contribution is 0.473. The van der Waals surface area contributed by atoms with Crippen molar-refractivity contribution in [1.82, 2.24) is 15.5 Å². The van der Waals surface area contributed by atoms with Crippen molar-refractivity contribution in [3.8, 4) is 10.9 Å². The molecule has 1 aromatic heterocycles. The zero-order chi connectivity index (χ0) is 11.9. The predicted molar refractivity (Wildman–Crippen MR) is 68.4 cm³/mol. The van der Waals surface area contributed by atoms with E-state index in [-0.39, 0.29) is 0 Å². The predicted octanol–water partition coefficient (Wildman–Crippen LogP) is 2.83. The molecular weight excluding hydrogens is 234 g/mol. The van der Waals surface area contributed by atoms with E-state index in [1.54, 1.807) is 0 Å². The summed E-state index contributed by atoms with van der Waals surface area (Å²) in [6, 6.07) is 9.61. The Kier molecular flexibility index (Phi) is 4.46. The van der Waals surface area contributed by atoms with Crippen LogP contribution in [0.25, 0.3) is 0 Å². The number of nitrogens with one attached hydrogen (secondary N) is 1. The third-order valence-electron chi connectivity index (χ3n) is 2.10. The zero-order valence-electron chi connectivity index (χ0n) is 9.72. The highest BCUT2D eigenvalue weighted by Gasteiger charge is 2.05. The largest absolute Gasteiger partial charge is 0.430 e. The van der Waals surface area contributed by atoms with E-state index in [2.05, 4.69) is 22.4 Å². The van der Waals surface area contributed by atoms with Crippen LogP contribution in [0.15, 0.2) is 30.3 Å². The molecule has 0 radical (unpaired) electrons. The summed E-state index contributed by atoms with van der Waals surface area (Å²) in [5.41, 5.74) is 0. The van der Waals surface area contributed by atoms with Crippen LogP contribution in [0.5, 0.6) is 10.9 Å². The molecule has 0 spiro atoms. The van der Waals surface area contributed by atoms with Gasteiger partial charge in [0.05, 0.1) is 0 Å². The average molecular weight is 249 g/mol. The molecule has 0 aliphatic heterocycles. The van der Waals surface area contributed by atoms with Gasteiger partial charge in [-0.1, -0.05) is 41.6 Å². The van der Waals surface area contributed by atoms with Crippen LogP contribution in [0.3, 0.4) is 0 Å². The lowest BCUT2D eigenvalue weighted by Gasteiger charge is -1.99. The number of hydrogen-bond acceptors (Lipinski definition) is 5. The van der Waals surface area contributed by atoms with E-state index in [1.807, 2.05) is 30.3 Å². The molecule has 1 aromatic carbocycles. The number of hydrogen-bond donors (Lipinski definition) is 1. The fourth-order valence-corrected chi connectivity index (χ4v) is 1.99. The number of benzene rings is 1. The van der Waals surface area contributed by atoms with Crippen molar-refractivity contribution >= 4 is 11.3 Å². The summed E-state index contributed by atoms with van der Waals surface area (Å²) in [7, 11) is 0. The molecular formula is C12H15N3OS. The Morgan fingerprint density at radius 1 is 1.24 bits per heavy atom. The quantitative estimate of drug-likeness (QED) is 0.800. The average Bonchev–Trinajstić information content (AvgIpc) is 2.79. The fraction of sp³-hybridized carbons (Fsp3) is 0.333. The van der Waals surface area contributed by atoms with Crippen molar-refractivity contribution in [2.75, 3.05) is 6.54 Å². The highest BCUT2D eigenvalue weighted by molar-refractivity contribution is 7.13. The molecule has 90 valence electrons. The third-order valence-corrected chi connectivity index (χ3v) is 2.90. The van der Waals surface area contributed by atoms with Crippen LogP contribution >= 0.6 is 11.3 Å². The summed E-state index contributed by atoms with van der Waals surface area (Å²) in [5, 5.41) is 12.9. The smallest absolute Gasteiger partial charge is 0.299 e. The van der Waals surface area contributed by atoms with Gasteiger partial charge in [0.2, 0.25) is 0 Å². The topological polar surface area (TPSA) is 47.0 Å². The number of aromatic nitrogens is 2. The van der Waals surface area contributed by atoms with Crippen LogP contribution < -0.4 is 10.1 Å². The Bertz CT molecular complexity index is 444. The van der Waals surface area contributed by atoms with E-state index in [0.717, 1.165) is 30.3 Å². The van der Waals surface area contributed by atoms with Crippen molar-refractivity contribution in [3.05, 3.63) is 35.3 Å². The Labute approximate surface area is 105 Å². The molecule has 5 heteroatoms. The van der Waals surface area contributed by atoms with Crippen LogP contribution in [0.2, 0.25) is 0 Å². The SMILES string of the molecule is CCCNCc1nnc(Oc2ccccc2)s1. The van der Waals surface area contributed by atoms with Crippen LogP contribution in [0, 0.1) is 0 Å². The number of rotatable bonds is 6. The highest BCUT2D eigenvalue weighted by atomic mass is 32.1. The molecule has 1 N–H and O–H groups in total. The molecule has 0 aliphatic rings. The van der Waals surface area contributed by atoms with Crippen molar-refractivity contribution in [2.24, 2.45) is 0 Å². The van der Waals surface area contributed by atoms with Gasteiger partial charge in [-0.3, -0.25) is 0 Å². The molecule has 0 fully saturated rings. The Hall–Kier alpha value is -1.46. The summed E-state index contributed by atoms with van der Waals surface area (Å²) < 4.78 is 5.58. The molecule has 0 saturated heterocycles. The minimum atomic E-state index is 0.587. The summed E-state index contributed by atoms with van der Waals surface area (Å²) in [5.74, 6) is 0.789. The van der Waals surface area contributed by atoms with Crippen molar-refractivity contribution in [3.63, 3.8) is 0 Å². The van der Waals surface area contributed by atoms with Crippen molar-refractivity contribution in [1.29, 1.82) is 0 Å². The molecule has 2 rings (SSSR count). The first-order valence-electron chi connectivity index (χ1n) is 5.64. The second-order valence-electron chi connectivity index (χ2n) is 3.55. The minimum absolute atomic E-state index is 0.587. The number of para-hydroxylation sites is 1. The first kappa shape index (κ1) is 12.0. The van der Waals surface area contributed by atoms with Gasteiger partial charge < -0.3 is 10.1 Å². The van der Waals surface area contributed by atoms with Gasteiger partial charge in [-0.2, -0.15) is 0 Å². The van der Waals surface area contributed by atoms with Gasteiger partial charge >= 0.3 is 0 Å². The van der Waals surface area contributed by atoms with E-state index in [0.29, 0.717) is 5.19 Å². The first-order chi connectivity index (χ1) is 8.38. The highest BCUT2D eigenvalue weighted by Crippen LogP contribution is 2.24.